The molecule has 0 N–H and O–H groups in total. The highest BCUT2D eigenvalue weighted by atomic mass is 15.4. The second-order valence-corrected chi connectivity index (χ2v) is 5.14. The maximum atomic E-state index is 4.40. The molecular formula is C15H15N5. The molecule has 5 nitrogen and oxygen atoms in total. The predicted octanol–water partition coefficient (Wildman–Crippen LogP) is 2.38. The SMILES string of the molecule is Cc1cc(N2CC[C@@H]2c2ccccc2)n2ncnc2n1. The molecule has 4 rings (SSSR count). The lowest BCUT2D eigenvalue weighted by Crippen LogP contribution is -2.42. The zero-order chi connectivity index (χ0) is 13.5. The number of rotatable bonds is 2. The summed E-state index contributed by atoms with van der Waals surface area (Å²) in [6, 6.07) is 13.1. The van der Waals surface area contributed by atoms with Crippen LogP contribution in [0.5, 0.6) is 0 Å². The highest BCUT2D eigenvalue weighted by Gasteiger charge is 2.31. The highest BCUT2D eigenvalue weighted by molar-refractivity contribution is 5.51. The summed E-state index contributed by atoms with van der Waals surface area (Å²) in [7, 11) is 0. The number of anilines is 1. The first-order valence-corrected chi connectivity index (χ1v) is 6.82. The molecule has 2 aromatic heterocycles. The van der Waals surface area contributed by atoms with Gasteiger partial charge in [-0.2, -0.15) is 14.6 Å². The summed E-state index contributed by atoms with van der Waals surface area (Å²) >= 11 is 0. The van der Waals surface area contributed by atoms with E-state index < -0.39 is 0 Å². The van der Waals surface area contributed by atoms with E-state index in [1.54, 1.807) is 6.33 Å². The summed E-state index contributed by atoms with van der Waals surface area (Å²) in [4.78, 5) is 11.0. The zero-order valence-corrected chi connectivity index (χ0v) is 11.3. The molecule has 100 valence electrons. The van der Waals surface area contributed by atoms with E-state index in [1.165, 1.54) is 12.0 Å². The van der Waals surface area contributed by atoms with Crippen LogP contribution in [0.1, 0.15) is 23.7 Å². The largest absolute Gasteiger partial charge is 0.349 e. The van der Waals surface area contributed by atoms with Crippen LogP contribution in [0.25, 0.3) is 5.78 Å². The molecule has 1 aliphatic heterocycles. The van der Waals surface area contributed by atoms with Gasteiger partial charge in [0.2, 0.25) is 0 Å². The first kappa shape index (κ1) is 11.4. The van der Waals surface area contributed by atoms with Crippen molar-refractivity contribution < 1.29 is 0 Å². The van der Waals surface area contributed by atoms with Gasteiger partial charge in [0.25, 0.3) is 5.78 Å². The maximum Gasteiger partial charge on any atom is 0.254 e. The van der Waals surface area contributed by atoms with Gasteiger partial charge in [0.1, 0.15) is 12.1 Å². The number of hydrogen-bond donors (Lipinski definition) is 0. The topological polar surface area (TPSA) is 46.3 Å². The van der Waals surface area contributed by atoms with Crippen LogP contribution in [0, 0.1) is 6.92 Å². The molecule has 0 radical (unpaired) electrons. The summed E-state index contributed by atoms with van der Waals surface area (Å²) in [5, 5.41) is 4.29. The molecule has 5 heteroatoms. The molecule has 3 heterocycles. The third-order valence-electron chi connectivity index (χ3n) is 3.86. The van der Waals surface area contributed by atoms with Gasteiger partial charge in [-0.05, 0) is 18.9 Å². The van der Waals surface area contributed by atoms with E-state index in [2.05, 4.69) is 56.4 Å². The number of aromatic nitrogens is 4. The molecule has 0 amide bonds. The van der Waals surface area contributed by atoms with Crippen LogP contribution in [0.3, 0.4) is 0 Å². The molecule has 0 bridgehead atoms. The summed E-state index contributed by atoms with van der Waals surface area (Å²) < 4.78 is 1.82. The molecule has 1 aliphatic rings. The molecule has 0 unspecified atom stereocenters. The number of nitrogens with zero attached hydrogens (tertiary/aromatic N) is 5. The number of aryl methyl sites for hydroxylation is 1. The van der Waals surface area contributed by atoms with Crippen molar-refractivity contribution in [3.63, 3.8) is 0 Å². The smallest absolute Gasteiger partial charge is 0.254 e. The van der Waals surface area contributed by atoms with Crippen LogP contribution < -0.4 is 4.90 Å². The van der Waals surface area contributed by atoms with Crippen molar-refractivity contribution in [1.82, 2.24) is 19.6 Å². The average molecular weight is 265 g/mol. The molecule has 1 fully saturated rings. The van der Waals surface area contributed by atoms with Crippen molar-refractivity contribution in [3.05, 3.63) is 54.0 Å². The fraction of sp³-hybridized carbons (Fsp3) is 0.267. The number of fused-ring (bicyclic) bond motifs is 1. The minimum Gasteiger partial charge on any atom is -0.349 e. The van der Waals surface area contributed by atoms with E-state index in [0.29, 0.717) is 11.8 Å². The Labute approximate surface area is 116 Å². The van der Waals surface area contributed by atoms with Gasteiger partial charge in [0, 0.05) is 18.3 Å². The lowest BCUT2D eigenvalue weighted by Gasteiger charge is -2.42. The van der Waals surface area contributed by atoms with Gasteiger partial charge in [0.05, 0.1) is 6.04 Å². The van der Waals surface area contributed by atoms with Crippen molar-refractivity contribution in [2.75, 3.05) is 11.4 Å². The molecule has 0 saturated carbocycles. The number of benzene rings is 1. The molecule has 0 aliphatic carbocycles. The molecule has 20 heavy (non-hydrogen) atoms. The molecule has 1 aromatic carbocycles. The Balaban J connectivity index is 1.78. The van der Waals surface area contributed by atoms with Crippen molar-refractivity contribution in [2.45, 2.75) is 19.4 Å². The Hall–Kier alpha value is -2.43. The van der Waals surface area contributed by atoms with Crippen molar-refractivity contribution in [3.8, 4) is 0 Å². The zero-order valence-electron chi connectivity index (χ0n) is 11.3. The Bertz CT molecular complexity index is 749. The van der Waals surface area contributed by atoms with Crippen LogP contribution in [0.15, 0.2) is 42.7 Å². The van der Waals surface area contributed by atoms with Crippen LogP contribution >= 0.6 is 0 Å². The Morgan fingerprint density at radius 3 is 2.80 bits per heavy atom. The van der Waals surface area contributed by atoms with Gasteiger partial charge >= 0.3 is 0 Å². The molecule has 0 spiro atoms. The van der Waals surface area contributed by atoms with Crippen molar-refractivity contribution >= 4 is 11.6 Å². The molecular weight excluding hydrogens is 250 g/mol. The van der Waals surface area contributed by atoms with Gasteiger partial charge in [0.15, 0.2) is 0 Å². The van der Waals surface area contributed by atoms with E-state index >= 15 is 0 Å². The van der Waals surface area contributed by atoms with E-state index in [0.717, 1.165) is 18.1 Å². The average Bonchev–Trinajstić information content (AvgIpc) is 2.87. The third-order valence-corrected chi connectivity index (χ3v) is 3.86. The molecule has 1 atom stereocenters. The van der Waals surface area contributed by atoms with E-state index in [4.69, 9.17) is 0 Å². The quantitative estimate of drug-likeness (QED) is 0.713. The van der Waals surface area contributed by atoms with E-state index in [9.17, 15) is 0 Å². The van der Waals surface area contributed by atoms with Crippen molar-refractivity contribution in [2.24, 2.45) is 0 Å². The normalized spacial score (nSPS) is 18.2. The van der Waals surface area contributed by atoms with E-state index in [1.807, 2.05) is 11.4 Å². The summed E-state index contributed by atoms with van der Waals surface area (Å²) in [6.45, 7) is 3.04. The molecule has 1 saturated heterocycles. The Kier molecular flexibility index (Phi) is 2.45. The highest BCUT2D eigenvalue weighted by Crippen LogP contribution is 2.37. The summed E-state index contributed by atoms with van der Waals surface area (Å²) in [5.41, 5.74) is 2.32. The van der Waals surface area contributed by atoms with Gasteiger partial charge in [-0.1, -0.05) is 30.3 Å². The van der Waals surface area contributed by atoms with Gasteiger partial charge < -0.3 is 4.90 Å². The minimum absolute atomic E-state index is 0.422. The van der Waals surface area contributed by atoms with Crippen molar-refractivity contribution in [1.29, 1.82) is 0 Å². The van der Waals surface area contributed by atoms with Gasteiger partial charge in [-0.25, -0.2) is 4.98 Å². The van der Waals surface area contributed by atoms with Gasteiger partial charge in [-0.3, -0.25) is 0 Å². The monoisotopic (exact) mass is 265 g/mol. The van der Waals surface area contributed by atoms with Crippen LogP contribution in [0.4, 0.5) is 5.82 Å². The lowest BCUT2D eigenvalue weighted by molar-refractivity contribution is 0.456. The first-order chi connectivity index (χ1) is 9.83. The predicted molar refractivity (Wildman–Crippen MR) is 76.7 cm³/mol. The third kappa shape index (κ3) is 1.66. The van der Waals surface area contributed by atoms with Crippen LogP contribution in [-0.4, -0.2) is 26.1 Å². The number of hydrogen-bond acceptors (Lipinski definition) is 4. The minimum atomic E-state index is 0.422. The first-order valence-electron chi connectivity index (χ1n) is 6.82. The Morgan fingerprint density at radius 1 is 1.20 bits per heavy atom. The van der Waals surface area contributed by atoms with Crippen LogP contribution in [-0.2, 0) is 0 Å². The lowest BCUT2D eigenvalue weighted by atomic mass is 9.95. The fourth-order valence-corrected chi connectivity index (χ4v) is 2.80. The standard InChI is InChI=1S/C15H15N5/c1-11-9-14(20-15(18-11)16-10-17-20)19-8-7-13(19)12-5-3-2-4-6-12/h2-6,9-10,13H,7-8H2,1H3/t13-/m1/s1. The summed E-state index contributed by atoms with van der Waals surface area (Å²) in [5.74, 6) is 1.74. The second kappa shape index (κ2) is 4.30. The summed E-state index contributed by atoms with van der Waals surface area (Å²) in [6.07, 6.45) is 2.73. The van der Waals surface area contributed by atoms with Gasteiger partial charge in [-0.15, -0.1) is 0 Å². The fourth-order valence-electron chi connectivity index (χ4n) is 2.80. The second-order valence-electron chi connectivity index (χ2n) is 5.14. The van der Waals surface area contributed by atoms with Crippen LogP contribution in [0.2, 0.25) is 0 Å². The van der Waals surface area contributed by atoms with E-state index in [-0.39, 0.29) is 0 Å². The Morgan fingerprint density at radius 2 is 2.05 bits per heavy atom. The maximum absolute atomic E-state index is 4.40. The molecule has 3 aromatic rings.